The second kappa shape index (κ2) is 11.0. The van der Waals surface area contributed by atoms with Gasteiger partial charge in [-0.05, 0) is 0 Å². The van der Waals surface area contributed by atoms with E-state index in [2.05, 4.69) is 29.9 Å². The van der Waals surface area contributed by atoms with E-state index in [1.165, 1.54) is 28.9 Å². The van der Waals surface area contributed by atoms with Crippen LogP contribution in [0.4, 0.5) is 11.9 Å². The molecule has 9 N–H and O–H groups in total. The molecule has 6 rings (SSSR count). The van der Waals surface area contributed by atoms with Crippen molar-refractivity contribution in [1.29, 1.82) is 0 Å². The van der Waals surface area contributed by atoms with Crippen molar-refractivity contribution >= 4 is 42.0 Å². The summed E-state index contributed by atoms with van der Waals surface area (Å²) in [6, 6.07) is 0. The summed E-state index contributed by atoms with van der Waals surface area (Å²) in [5.41, 5.74) is 10.3. The molecule has 0 radical (unpaired) electrons. The zero-order valence-electron chi connectivity index (χ0n) is 22.2. The van der Waals surface area contributed by atoms with Crippen LogP contribution in [0.15, 0.2) is 22.2 Å². The maximum atomic E-state index is 12.9. The molecule has 8 atom stereocenters. The van der Waals surface area contributed by atoms with Gasteiger partial charge in [0, 0.05) is 13.5 Å². The van der Waals surface area contributed by atoms with Gasteiger partial charge in [-0.2, -0.15) is 9.97 Å². The van der Waals surface area contributed by atoms with Gasteiger partial charge in [0.2, 0.25) is 11.9 Å². The van der Waals surface area contributed by atoms with Crippen molar-refractivity contribution in [3.8, 4) is 0 Å². The summed E-state index contributed by atoms with van der Waals surface area (Å²) >= 11 is 0. The van der Waals surface area contributed by atoms with E-state index < -0.39 is 75.1 Å². The number of aliphatic hydroxyl groups excluding tert-OH is 2. The molecule has 2 fully saturated rings. The third kappa shape index (κ3) is 5.30. The van der Waals surface area contributed by atoms with Crippen molar-refractivity contribution < 1.29 is 42.9 Å². The molecule has 21 nitrogen and oxygen atoms in total. The zero-order chi connectivity index (χ0) is 30.6. The topological polar surface area (TPSA) is 303 Å². The Labute approximate surface area is 239 Å². The van der Waals surface area contributed by atoms with E-state index in [9.17, 15) is 29.3 Å². The van der Waals surface area contributed by atoms with Crippen molar-refractivity contribution in [3.63, 3.8) is 0 Å². The summed E-state index contributed by atoms with van der Waals surface area (Å²) in [4.78, 5) is 55.6. The van der Waals surface area contributed by atoms with Gasteiger partial charge in [-0.1, -0.05) is 0 Å². The van der Waals surface area contributed by atoms with E-state index in [-0.39, 0.29) is 40.6 Å². The summed E-state index contributed by atoms with van der Waals surface area (Å²) in [5.74, 6) is -0.318. The zero-order valence-corrected chi connectivity index (χ0v) is 23.1. The number of nitrogens with zero attached hydrogens (tertiary/aromatic N) is 6. The van der Waals surface area contributed by atoms with Crippen molar-refractivity contribution in [3.05, 3.63) is 33.4 Å². The van der Waals surface area contributed by atoms with Gasteiger partial charge < -0.3 is 40.8 Å². The molecule has 4 aromatic heterocycles. The number of methoxy groups -OCH3 is 1. The minimum atomic E-state index is -4.83. The van der Waals surface area contributed by atoms with Gasteiger partial charge in [0.25, 0.3) is 11.1 Å². The van der Waals surface area contributed by atoms with Gasteiger partial charge in [0.05, 0.1) is 25.9 Å². The number of aliphatic hydroxyl groups is 2. The van der Waals surface area contributed by atoms with E-state index in [0.29, 0.717) is 0 Å². The van der Waals surface area contributed by atoms with E-state index in [4.69, 9.17) is 34.7 Å². The van der Waals surface area contributed by atoms with Crippen LogP contribution in [-0.4, -0.2) is 105 Å². The van der Waals surface area contributed by atoms with Crippen LogP contribution in [-0.2, 0) is 27.8 Å². The van der Waals surface area contributed by atoms with Gasteiger partial charge in [-0.3, -0.25) is 37.7 Å². The van der Waals surface area contributed by atoms with Crippen LogP contribution in [0.5, 0.6) is 0 Å². The molecule has 0 aliphatic carbocycles. The number of nitrogens with two attached hydrogens (primary N) is 2. The fourth-order valence-corrected chi connectivity index (χ4v) is 6.09. The Kier molecular flexibility index (Phi) is 7.52. The van der Waals surface area contributed by atoms with Crippen molar-refractivity contribution in [2.75, 3.05) is 31.8 Å². The minimum Gasteiger partial charge on any atom is -0.394 e. The molecule has 2 aliphatic heterocycles. The Morgan fingerprint density at radius 1 is 1.05 bits per heavy atom. The van der Waals surface area contributed by atoms with E-state index in [1.807, 2.05) is 0 Å². The number of imidazole rings is 2. The fraction of sp³-hybridized carbons (Fsp3) is 0.524. The highest BCUT2D eigenvalue weighted by molar-refractivity contribution is 7.47. The summed E-state index contributed by atoms with van der Waals surface area (Å²) in [6.07, 6.45) is -5.21. The molecular weight excluding hydrogens is 599 g/mol. The number of hydrogen-bond donors (Lipinski definition) is 7. The van der Waals surface area contributed by atoms with Crippen LogP contribution < -0.4 is 22.6 Å². The van der Waals surface area contributed by atoms with Crippen molar-refractivity contribution in [2.45, 2.75) is 49.4 Å². The molecule has 4 aromatic rings. The minimum absolute atomic E-state index is 0.00332. The summed E-state index contributed by atoms with van der Waals surface area (Å²) in [6.45, 7) is -1.20. The van der Waals surface area contributed by atoms with Crippen molar-refractivity contribution in [2.24, 2.45) is 0 Å². The van der Waals surface area contributed by atoms with Crippen LogP contribution in [0.25, 0.3) is 22.3 Å². The van der Waals surface area contributed by atoms with Gasteiger partial charge in [-0.15, -0.1) is 0 Å². The Balaban J connectivity index is 1.14. The highest BCUT2D eigenvalue weighted by Crippen LogP contribution is 2.49. The predicted molar refractivity (Wildman–Crippen MR) is 142 cm³/mol. The number of anilines is 2. The Bertz CT molecular complexity index is 1820. The largest absolute Gasteiger partial charge is 0.472 e. The number of phosphoric ester groups is 1. The third-order valence-electron chi connectivity index (χ3n) is 7.10. The van der Waals surface area contributed by atoms with Crippen LogP contribution in [0.3, 0.4) is 0 Å². The molecule has 2 saturated heterocycles. The van der Waals surface area contributed by atoms with Gasteiger partial charge in [-0.25, -0.2) is 14.5 Å². The number of H-pyrrole nitrogens is 2. The lowest BCUT2D eigenvalue weighted by Gasteiger charge is -2.21. The Morgan fingerprint density at radius 3 is 2.26 bits per heavy atom. The van der Waals surface area contributed by atoms with E-state index in [0.717, 1.165) is 0 Å². The molecule has 22 heteroatoms. The molecule has 0 aromatic carbocycles. The molecule has 6 heterocycles. The highest BCUT2D eigenvalue weighted by atomic mass is 31.2. The number of fused-ring (bicyclic) bond motifs is 2. The van der Waals surface area contributed by atoms with E-state index in [1.54, 1.807) is 0 Å². The second-order valence-electron chi connectivity index (χ2n) is 9.76. The number of phosphoric acid groups is 1. The summed E-state index contributed by atoms with van der Waals surface area (Å²) in [7, 11) is -3.51. The molecule has 0 bridgehead atoms. The lowest BCUT2D eigenvalue weighted by molar-refractivity contribution is -0.0623. The lowest BCUT2D eigenvalue weighted by atomic mass is 10.1. The first-order valence-corrected chi connectivity index (χ1v) is 14.2. The number of aromatic nitrogens is 8. The molecule has 0 saturated carbocycles. The number of aromatic amines is 2. The average molecular weight is 626 g/mol. The number of nitrogens with one attached hydrogen (secondary N) is 2. The Morgan fingerprint density at radius 2 is 1.65 bits per heavy atom. The Hall–Kier alpha value is -3.79. The molecule has 0 amide bonds. The van der Waals surface area contributed by atoms with E-state index >= 15 is 0 Å². The normalized spacial score (nSPS) is 29.1. The number of hydrogen-bond acceptors (Lipinski definition) is 16. The smallest absolute Gasteiger partial charge is 0.394 e. The van der Waals surface area contributed by atoms with Crippen molar-refractivity contribution in [1.82, 2.24) is 39.0 Å². The maximum absolute atomic E-state index is 12.9. The van der Waals surface area contributed by atoms with Gasteiger partial charge in [0.1, 0.15) is 36.7 Å². The van der Waals surface area contributed by atoms with Crippen LogP contribution in [0.1, 0.15) is 18.9 Å². The molecular formula is C21H27N10O11P. The standard InChI is InChI=1S/C21H27N10O11P/c1-38-14-13(33)9(41-19(14)31-6-25-12-16(31)27-21(23)29-18(12)35)4-39-43(36,37)42-7-2-10(40-8(7)3-32)30-5-24-11-15(30)26-20(22)28-17(11)34/h5-10,13-14,19,32-33H,2-4H2,1H3,(H,36,37)(H3,22,26,28,34)(H3,23,27,29,35). The molecule has 43 heavy (non-hydrogen) atoms. The average Bonchev–Trinajstić information content (AvgIpc) is 3.71. The maximum Gasteiger partial charge on any atom is 0.472 e. The quantitative estimate of drug-likeness (QED) is 0.0942. The summed E-state index contributed by atoms with van der Waals surface area (Å²) < 4.78 is 43.2. The first-order chi connectivity index (χ1) is 20.5. The lowest BCUT2D eigenvalue weighted by Crippen LogP contribution is -2.35. The SMILES string of the molecule is COC1C(O)C(COP(=O)(O)OC2CC(n3cnc4c(=O)[nH]c(N)nc43)OC2CO)OC1n1cnc2c(=O)[nH]c(N)nc21. The molecule has 2 aliphatic rings. The molecule has 0 spiro atoms. The molecule has 232 valence electrons. The highest BCUT2D eigenvalue weighted by Gasteiger charge is 2.48. The van der Waals surface area contributed by atoms with Crippen LogP contribution in [0, 0.1) is 0 Å². The number of rotatable bonds is 9. The predicted octanol–water partition coefficient (Wildman–Crippen LogP) is -2.53. The van der Waals surface area contributed by atoms with Crippen LogP contribution in [0.2, 0.25) is 0 Å². The molecule has 8 unspecified atom stereocenters. The monoisotopic (exact) mass is 626 g/mol. The van der Waals surface area contributed by atoms with Gasteiger partial charge in [0.15, 0.2) is 28.6 Å². The summed E-state index contributed by atoms with van der Waals surface area (Å²) in [5, 5.41) is 20.7. The number of ether oxygens (including phenoxy) is 3. The second-order valence-corrected chi connectivity index (χ2v) is 11.2. The first-order valence-electron chi connectivity index (χ1n) is 12.7. The number of nitrogen functional groups attached to an aromatic ring is 2. The first kappa shape index (κ1) is 29.3. The van der Waals surface area contributed by atoms with Crippen LogP contribution >= 0.6 is 7.82 Å². The fourth-order valence-electron chi connectivity index (χ4n) is 5.13. The van der Waals surface area contributed by atoms with Gasteiger partial charge >= 0.3 is 7.82 Å². The third-order valence-corrected chi connectivity index (χ3v) is 8.11.